The summed E-state index contributed by atoms with van der Waals surface area (Å²) >= 11 is 0. The Hall–Kier alpha value is -1.69. The van der Waals surface area contributed by atoms with Gasteiger partial charge in [-0.05, 0) is 37.0 Å². The standard InChI is InChI=1S/C14H19N3/c1-10-3-2-4-12(7-10)17-13-5-6-14(16)11(8-13)9-15/h5-6,8,10,12,17H,2-4,7,16H2,1H3. The van der Waals surface area contributed by atoms with Gasteiger partial charge in [0, 0.05) is 17.4 Å². The Morgan fingerprint density at radius 2 is 2.24 bits per heavy atom. The summed E-state index contributed by atoms with van der Waals surface area (Å²) in [6.07, 6.45) is 5.06. The van der Waals surface area contributed by atoms with E-state index < -0.39 is 0 Å². The van der Waals surface area contributed by atoms with Crippen LogP contribution in [0.3, 0.4) is 0 Å². The van der Waals surface area contributed by atoms with E-state index in [4.69, 9.17) is 11.0 Å². The van der Waals surface area contributed by atoms with Crippen molar-refractivity contribution in [3.05, 3.63) is 23.8 Å². The number of benzene rings is 1. The fourth-order valence-corrected chi connectivity index (χ4v) is 2.54. The molecule has 2 rings (SSSR count). The minimum Gasteiger partial charge on any atom is -0.398 e. The molecule has 1 aromatic carbocycles. The Labute approximate surface area is 103 Å². The molecule has 0 bridgehead atoms. The third-order valence-electron chi connectivity index (χ3n) is 3.48. The van der Waals surface area contributed by atoms with E-state index in [1.54, 1.807) is 6.07 Å². The van der Waals surface area contributed by atoms with Crippen LogP contribution in [-0.4, -0.2) is 6.04 Å². The lowest BCUT2D eigenvalue weighted by molar-refractivity contribution is 0.358. The molecular formula is C14H19N3. The molecule has 0 aromatic heterocycles. The number of nitrogens with zero attached hydrogens (tertiary/aromatic N) is 1. The summed E-state index contributed by atoms with van der Waals surface area (Å²) in [5, 5.41) is 12.4. The topological polar surface area (TPSA) is 61.8 Å². The van der Waals surface area contributed by atoms with Crippen LogP contribution in [-0.2, 0) is 0 Å². The average molecular weight is 229 g/mol. The van der Waals surface area contributed by atoms with Crippen LogP contribution in [0.4, 0.5) is 11.4 Å². The zero-order chi connectivity index (χ0) is 12.3. The summed E-state index contributed by atoms with van der Waals surface area (Å²) in [7, 11) is 0. The van der Waals surface area contributed by atoms with Gasteiger partial charge < -0.3 is 11.1 Å². The third-order valence-corrected chi connectivity index (χ3v) is 3.48. The molecule has 3 heteroatoms. The molecule has 0 spiro atoms. The predicted molar refractivity (Wildman–Crippen MR) is 70.6 cm³/mol. The Morgan fingerprint density at radius 3 is 2.94 bits per heavy atom. The smallest absolute Gasteiger partial charge is 0.101 e. The van der Waals surface area contributed by atoms with Crippen LogP contribution in [0.25, 0.3) is 0 Å². The molecule has 0 aliphatic heterocycles. The van der Waals surface area contributed by atoms with Crippen LogP contribution < -0.4 is 11.1 Å². The minimum absolute atomic E-state index is 0.536. The number of nitrogen functional groups attached to an aromatic ring is 1. The molecule has 17 heavy (non-hydrogen) atoms. The number of anilines is 2. The first kappa shape index (κ1) is 11.8. The second-order valence-corrected chi connectivity index (χ2v) is 5.03. The van der Waals surface area contributed by atoms with E-state index in [0.717, 1.165) is 11.6 Å². The van der Waals surface area contributed by atoms with Crippen molar-refractivity contribution in [2.75, 3.05) is 11.1 Å². The number of nitrogens with two attached hydrogens (primary N) is 1. The van der Waals surface area contributed by atoms with Crippen LogP contribution in [0.5, 0.6) is 0 Å². The molecule has 3 nitrogen and oxygen atoms in total. The molecule has 1 aromatic rings. The van der Waals surface area contributed by atoms with E-state index >= 15 is 0 Å². The van der Waals surface area contributed by atoms with Crippen molar-refractivity contribution in [1.29, 1.82) is 5.26 Å². The van der Waals surface area contributed by atoms with Crippen LogP contribution in [0.2, 0.25) is 0 Å². The van der Waals surface area contributed by atoms with E-state index in [2.05, 4.69) is 18.3 Å². The van der Waals surface area contributed by atoms with Gasteiger partial charge >= 0.3 is 0 Å². The van der Waals surface area contributed by atoms with E-state index in [0.29, 0.717) is 17.3 Å². The minimum atomic E-state index is 0.536. The number of nitrogens with one attached hydrogen (secondary N) is 1. The lowest BCUT2D eigenvalue weighted by atomic mass is 9.87. The first-order valence-electron chi connectivity index (χ1n) is 6.25. The zero-order valence-electron chi connectivity index (χ0n) is 10.2. The van der Waals surface area contributed by atoms with Gasteiger partial charge in [-0.1, -0.05) is 19.8 Å². The summed E-state index contributed by atoms with van der Waals surface area (Å²) < 4.78 is 0. The summed E-state index contributed by atoms with van der Waals surface area (Å²) in [6.45, 7) is 2.30. The third kappa shape index (κ3) is 2.91. The summed E-state index contributed by atoms with van der Waals surface area (Å²) in [4.78, 5) is 0. The Balaban J connectivity index is 2.06. The van der Waals surface area contributed by atoms with Crippen molar-refractivity contribution >= 4 is 11.4 Å². The molecule has 1 fully saturated rings. The van der Waals surface area contributed by atoms with Crippen LogP contribution in [0.15, 0.2) is 18.2 Å². The van der Waals surface area contributed by atoms with Gasteiger partial charge in [0.15, 0.2) is 0 Å². The largest absolute Gasteiger partial charge is 0.398 e. The number of hydrogen-bond donors (Lipinski definition) is 2. The monoisotopic (exact) mass is 229 g/mol. The maximum atomic E-state index is 8.93. The van der Waals surface area contributed by atoms with Gasteiger partial charge in [-0.25, -0.2) is 0 Å². The first-order chi connectivity index (χ1) is 8.19. The van der Waals surface area contributed by atoms with Crippen molar-refractivity contribution in [3.63, 3.8) is 0 Å². The van der Waals surface area contributed by atoms with Gasteiger partial charge in [-0.3, -0.25) is 0 Å². The lowest BCUT2D eigenvalue weighted by Gasteiger charge is -2.28. The molecule has 3 N–H and O–H groups in total. The van der Waals surface area contributed by atoms with Gasteiger partial charge in [0.05, 0.1) is 5.56 Å². The molecule has 0 heterocycles. The Morgan fingerprint density at radius 1 is 1.41 bits per heavy atom. The molecule has 0 radical (unpaired) electrons. The molecule has 2 atom stereocenters. The highest BCUT2D eigenvalue weighted by Crippen LogP contribution is 2.27. The van der Waals surface area contributed by atoms with Crippen molar-refractivity contribution < 1.29 is 0 Å². The van der Waals surface area contributed by atoms with E-state index in [1.807, 2.05) is 12.1 Å². The highest BCUT2D eigenvalue weighted by Gasteiger charge is 2.18. The van der Waals surface area contributed by atoms with Gasteiger partial charge in [0.2, 0.25) is 0 Å². The first-order valence-corrected chi connectivity index (χ1v) is 6.25. The van der Waals surface area contributed by atoms with E-state index in [9.17, 15) is 0 Å². The van der Waals surface area contributed by atoms with Gasteiger partial charge in [-0.2, -0.15) is 5.26 Å². The quantitative estimate of drug-likeness (QED) is 0.766. The molecule has 90 valence electrons. The molecule has 1 saturated carbocycles. The van der Waals surface area contributed by atoms with Gasteiger partial charge in [0.25, 0.3) is 0 Å². The molecule has 0 amide bonds. The molecule has 0 saturated heterocycles. The predicted octanol–water partition coefficient (Wildman–Crippen LogP) is 3.13. The highest BCUT2D eigenvalue weighted by molar-refractivity contribution is 5.62. The summed E-state index contributed by atoms with van der Waals surface area (Å²) in [6, 6.07) is 8.25. The van der Waals surface area contributed by atoms with Crippen molar-refractivity contribution in [1.82, 2.24) is 0 Å². The number of hydrogen-bond acceptors (Lipinski definition) is 3. The molecule has 2 unspecified atom stereocenters. The highest BCUT2D eigenvalue weighted by atomic mass is 14.9. The molecule has 1 aliphatic rings. The maximum absolute atomic E-state index is 8.93. The Bertz CT molecular complexity index is 434. The fourth-order valence-electron chi connectivity index (χ4n) is 2.54. The van der Waals surface area contributed by atoms with Crippen LogP contribution in [0, 0.1) is 17.2 Å². The molecular weight excluding hydrogens is 210 g/mol. The average Bonchev–Trinajstić information content (AvgIpc) is 2.32. The normalized spacial score (nSPS) is 24.0. The van der Waals surface area contributed by atoms with Gasteiger partial charge in [-0.15, -0.1) is 0 Å². The lowest BCUT2D eigenvalue weighted by Crippen LogP contribution is -2.26. The number of rotatable bonds is 2. The van der Waals surface area contributed by atoms with Crippen molar-refractivity contribution in [2.45, 2.75) is 38.6 Å². The zero-order valence-corrected chi connectivity index (χ0v) is 10.2. The Kier molecular flexibility index (Phi) is 3.53. The van der Waals surface area contributed by atoms with Gasteiger partial charge in [0.1, 0.15) is 6.07 Å². The fraction of sp³-hybridized carbons (Fsp3) is 0.500. The number of nitriles is 1. The van der Waals surface area contributed by atoms with E-state index in [-0.39, 0.29) is 0 Å². The second kappa shape index (κ2) is 5.09. The van der Waals surface area contributed by atoms with Crippen molar-refractivity contribution in [3.8, 4) is 6.07 Å². The maximum Gasteiger partial charge on any atom is 0.101 e. The molecule has 1 aliphatic carbocycles. The summed E-state index contributed by atoms with van der Waals surface area (Å²) in [5.41, 5.74) is 7.82. The van der Waals surface area contributed by atoms with Crippen LogP contribution >= 0.6 is 0 Å². The second-order valence-electron chi connectivity index (χ2n) is 5.03. The van der Waals surface area contributed by atoms with Crippen LogP contribution in [0.1, 0.15) is 38.2 Å². The summed E-state index contributed by atoms with van der Waals surface area (Å²) in [5.74, 6) is 0.797. The SMILES string of the molecule is CC1CCCC(Nc2ccc(N)c(C#N)c2)C1. The van der Waals surface area contributed by atoms with E-state index in [1.165, 1.54) is 25.7 Å². The van der Waals surface area contributed by atoms with Crippen molar-refractivity contribution in [2.24, 2.45) is 5.92 Å².